The molecule has 0 bridgehead atoms. The highest BCUT2D eigenvalue weighted by Crippen LogP contribution is 2.29. The summed E-state index contributed by atoms with van der Waals surface area (Å²) in [4.78, 5) is 4.24. The van der Waals surface area contributed by atoms with Crippen LogP contribution in [0.2, 0.25) is 0 Å². The minimum absolute atomic E-state index is 0.345. The van der Waals surface area contributed by atoms with E-state index in [1.54, 1.807) is 0 Å². The predicted octanol–water partition coefficient (Wildman–Crippen LogP) is 1.68. The summed E-state index contributed by atoms with van der Waals surface area (Å²) in [7, 11) is 0. The average Bonchev–Trinajstić information content (AvgIpc) is 2.83. The minimum Gasteiger partial charge on any atom is -0.444 e. The molecule has 2 unspecified atom stereocenters. The summed E-state index contributed by atoms with van der Waals surface area (Å²) < 4.78 is 11.2. The van der Waals surface area contributed by atoms with Crippen molar-refractivity contribution in [2.45, 2.75) is 38.8 Å². The second kappa shape index (κ2) is 4.77. The molecule has 2 rings (SSSR count). The van der Waals surface area contributed by atoms with Crippen LogP contribution in [0, 0.1) is 0 Å². The molecule has 0 aromatic carbocycles. The fraction of sp³-hybridized carbons (Fsp3) is 0.727. The van der Waals surface area contributed by atoms with E-state index in [0.717, 1.165) is 31.2 Å². The summed E-state index contributed by atoms with van der Waals surface area (Å²) in [5.74, 6) is 2.13. The van der Waals surface area contributed by atoms with Crippen molar-refractivity contribution in [2.24, 2.45) is 0 Å². The molecule has 1 aliphatic rings. The SMILES string of the molecule is CCNCc1ncc(C2COC(C)C2)o1. The van der Waals surface area contributed by atoms with Crippen molar-refractivity contribution in [1.82, 2.24) is 10.3 Å². The minimum atomic E-state index is 0.345. The third-order valence-electron chi connectivity index (χ3n) is 2.70. The lowest BCUT2D eigenvalue weighted by Crippen LogP contribution is -2.11. The summed E-state index contributed by atoms with van der Waals surface area (Å²) in [6, 6.07) is 0. The van der Waals surface area contributed by atoms with Gasteiger partial charge in [0.05, 0.1) is 25.5 Å². The number of ether oxygens (including phenoxy) is 1. The molecule has 15 heavy (non-hydrogen) atoms. The molecule has 0 saturated carbocycles. The fourth-order valence-electron chi connectivity index (χ4n) is 1.84. The lowest BCUT2D eigenvalue weighted by molar-refractivity contribution is 0.122. The average molecular weight is 210 g/mol. The first-order valence-electron chi connectivity index (χ1n) is 5.56. The topological polar surface area (TPSA) is 47.3 Å². The highest BCUT2D eigenvalue weighted by Gasteiger charge is 2.26. The quantitative estimate of drug-likeness (QED) is 0.821. The molecule has 1 fully saturated rings. The summed E-state index contributed by atoms with van der Waals surface area (Å²) in [5.41, 5.74) is 0. The van der Waals surface area contributed by atoms with Crippen molar-refractivity contribution in [1.29, 1.82) is 0 Å². The molecule has 1 aromatic rings. The van der Waals surface area contributed by atoms with E-state index in [0.29, 0.717) is 18.6 Å². The molecule has 4 heteroatoms. The van der Waals surface area contributed by atoms with Gasteiger partial charge in [-0.25, -0.2) is 4.98 Å². The standard InChI is InChI=1S/C11H18N2O2/c1-3-12-6-11-13-5-10(15-11)9-4-8(2)14-7-9/h5,8-9,12H,3-4,6-7H2,1-2H3. The summed E-state index contributed by atoms with van der Waals surface area (Å²) in [6.45, 7) is 6.56. The van der Waals surface area contributed by atoms with Gasteiger partial charge in [-0.1, -0.05) is 6.92 Å². The number of nitrogens with zero attached hydrogens (tertiary/aromatic N) is 1. The Labute approximate surface area is 90.0 Å². The Morgan fingerprint density at radius 3 is 3.13 bits per heavy atom. The van der Waals surface area contributed by atoms with E-state index in [2.05, 4.69) is 24.1 Å². The van der Waals surface area contributed by atoms with E-state index in [4.69, 9.17) is 9.15 Å². The number of nitrogens with one attached hydrogen (secondary N) is 1. The van der Waals surface area contributed by atoms with E-state index in [1.165, 1.54) is 0 Å². The Kier molecular flexibility index (Phi) is 3.38. The summed E-state index contributed by atoms with van der Waals surface area (Å²) >= 11 is 0. The molecule has 4 nitrogen and oxygen atoms in total. The Bertz CT molecular complexity index is 311. The third kappa shape index (κ3) is 2.58. The molecular formula is C11H18N2O2. The van der Waals surface area contributed by atoms with Gasteiger partial charge in [-0.05, 0) is 19.9 Å². The van der Waals surface area contributed by atoms with Crippen LogP contribution in [0.4, 0.5) is 0 Å². The van der Waals surface area contributed by atoms with Gasteiger partial charge in [-0.2, -0.15) is 0 Å². The van der Waals surface area contributed by atoms with Gasteiger partial charge in [0.15, 0.2) is 0 Å². The van der Waals surface area contributed by atoms with Gasteiger partial charge in [0.1, 0.15) is 5.76 Å². The number of oxazole rings is 1. The molecule has 0 radical (unpaired) electrons. The maximum atomic E-state index is 5.66. The van der Waals surface area contributed by atoms with Gasteiger partial charge in [0.25, 0.3) is 0 Å². The molecule has 2 atom stereocenters. The number of rotatable bonds is 4. The first kappa shape index (κ1) is 10.6. The van der Waals surface area contributed by atoms with Crippen LogP contribution in [-0.2, 0) is 11.3 Å². The van der Waals surface area contributed by atoms with Crippen molar-refractivity contribution >= 4 is 0 Å². The molecule has 1 aromatic heterocycles. The third-order valence-corrected chi connectivity index (χ3v) is 2.70. The Morgan fingerprint density at radius 2 is 2.47 bits per heavy atom. The maximum Gasteiger partial charge on any atom is 0.208 e. The Balaban J connectivity index is 1.94. The van der Waals surface area contributed by atoms with Crippen LogP contribution in [0.25, 0.3) is 0 Å². The first-order chi connectivity index (χ1) is 7.29. The lowest BCUT2D eigenvalue weighted by atomic mass is 10.0. The molecule has 84 valence electrons. The summed E-state index contributed by atoms with van der Waals surface area (Å²) in [6.07, 6.45) is 3.21. The second-order valence-electron chi connectivity index (χ2n) is 4.01. The maximum absolute atomic E-state index is 5.66. The predicted molar refractivity (Wildman–Crippen MR) is 56.7 cm³/mol. The van der Waals surface area contributed by atoms with Crippen molar-refractivity contribution in [3.63, 3.8) is 0 Å². The Hall–Kier alpha value is -0.870. The fourth-order valence-corrected chi connectivity index (χ4v) is 1.84. The van der Waals surface area contributed by atoms with E-state index in [-0.39, 0.29) is 0 Å². The molecule has 0 amide bonds. The second-order valence-corrected chi connectivity index (χ2v) is 4.01. The van der Waals surface area contributed by atoms with Gasteiger partial charge >= 0.3 is 0 Å². The lowest BCUT2D eigenvalue weighted by Gasteiger charge is -2.01. The molecule has 0 aliphatic carbocycles. The smallest absolute Gasteiger partial charge is 0.208 e. The monoisotopic (exact) mass is 210 g/mol. The normalized spacial score (nSPS) is 26.0. The van der Waals surface area contributed by atoms with Gasteiger partial charge in [-0.3, -0.25) is 0 Å². The molecular weight excluding hydrogens is 192 g/mol. The zero-order valence-electron chi connectivity index (χ0n) is 9.32. The Morgan fingerprint density at radius 1 is 1.60 bits per heavy atom. The van der Waals surface area contributed by atoms with Crippen LogP contribution in [0.1, 0.15) is 37.8 Å². The zero-order chi connectivity index (χ0) is 10.7. The number of hydrogen-bond acceptors (Lipinski definition) is 4. The highest BCUT2D eigenvalue weighted by atomic mass is 16.5. The van der Waals surface area contributed by atoms with Crippen LogP contribution >= 0.6 is 0 Å². The van der Waals surface area contributed by atoms with Crippen molar-refractivity contribution in [3.05, 3.63) is 17.8 Å². The summed E-state index contributed by atoms with van der Waals surface area (Å²) in [5, 5.41) is 3.19. The van der Waals surface area contributed by atoms with Crippen molar-refractivity contribution in [3.8, 4) is 0 Å². The zero-order valence-corrected chi connectivity index (χ0v) is 9.32. The van der Waals surface area contributed by atoms with Crippen LogP contribution in [-0.4, -0.2) is 24.2 Å². The first-order valence-corrected chi connectivity index (χ1v) is 5.56. The van der Waals surface area contributed by atoms with Crippen LogP contribution in [0.3, 0.4) is 0 Å². The molecule has 1 aliphatic heterocycles. The van der Waals surface area contributed by atoms with E-state index in [1.807, 2.05) is 6.20 Å². The number of aromatic nitrogens is 1. The van der Waals surface area contributed by atoms with E-state index < -0.39 is 0 Å². The van der Waals surface area contributed by atoms with Gasteiger partial charge in [-0.15, -0.1) is 0 Å². The highest BCUT2D eigenvalue weighted by molar-refractivity contribution is 5.04. The van der Waals surface area contributed by atoms with Crippen molar-refractivity contribution < 1.29 is 9.15 Å². The van der Waals surface area contributed by atoms with E-state index in [9.17, 15) is 0 Å². The number of hydrogen-bond donors (Lipinski definition) is 1. The van der Waals surface area contributed by atoms with Crippen molar-refractivity contribution in [2.75, 3.05) is 13.2 Å². The van der Waals surface area contributed by atoms with Crippen LogP contribution in [0.15, 0.2) is 10.6 Å². The molecule has 1 N–H and O–H groups in total. The molecule has 2 heterocycles. The largest absolute Gasteiger partial charge is 0.444 e. The molecule has 0 spiro atoms. The van der Waals surface area contributed by atoms with Gasteiger partial charge < -0.3 is 14.5 Å². The van der Waals surface area contributed by atoms with Crippen LogP contribution < -0.4 is 5.32 Å². The molecule has 1 saturated heterocycles. The van der Waals surface area contributed by atoms with Crippen LogP contribution in [0.5, 0.6) is 0 Å². The van der Waals surface area contributed by atoms with E-state index >= 15 is 0 Å². The van der Waals surface area contributed by atoms with Gasteiger partial charge in [0.2, 0.25) is 5.89 Å². The van der Waals surface area contributed by atoms with Gasteiger partial charge in [0, 0.05) is 5.92 Å².